The number of furan rings is 1. The van der Waals surface area contributed by atoms with E-state index in [2.05, 4.69) is 0 Å². The van der Waals surface area contributed by atoms with Gasteiger partial charge >= 0.3 is 0 Å². The van der Waals surface area contributed by atoms with E-state index in [-0.39, 0.29) is 11.6 Å². The van der Waals surface area contributed by atoms with Gasteiger partial charge in [-0.1, -0.05) is 0 Å². The van der Waals surface area contributed by atoms with Gasteiger partial charge in [0, 0.05) is 14.1 Å². The molecule has 0 spiro atoms. The van der Waals surface area contributed by atoms with Gasteiger partial charge in [0.2, 0.25) is 5.09 Å². The second-order valence-corrected chi connectivity index (χ2v) is 4.80. The van der Waals surface area contributed by atoms with E-state index in [4.69, 9.17) is 10.2 Å². The Balaban J connectivity index is 3.09. The third-order valence-electron chi connectivity index (χ3n) is 1.57. The van der Waals surface area contributed by atoms with E-state index in [1.165, 1.54) is 20.2 Å². The molecule has 0 aliphatic rings. The van der Waals surface area contributed by atoms with Crippen LogP contribution in [-0.2, 0) is 16.6 Å². The van der Waals surface area contributed by atoms with Crippen molar-refractivity contribution < 1.29 is 12.8 Å². The van der Waals surface area contributed by atoms with Crippen molar-refractivity contribution in [3.8, 4) is 0 Å². The molecule has 74 valence electrons. The van der Waals surface area contributed by atoms with Crippen LogP contribution in [0.3, 0.4) is 0 Å². The molecular formula is C7H12N2O3S. The molecule has 1 aromatic rings. The molecule has 0 aliphatic carbocycles. The van der Waals surface area contributed by atoms with Crippen LogP contribution in [0.1, 0.15) is 5.76 Å². The van der Waals surface area contributed by atoms with E-state index < -0.39 is 10.0 Å². The third kappa shape index (κ3) is 1.90. The van der Waals surface area contributed by atoms with Crippen LogP contribution >= 0.6 is 0 Å². The summed E-state index contributed by atoms with van der Waals surface area (Å²) in [7, 11) is -0.566. The Kier molecular flexibility index (Phi) is 2.74. The molecule has 1 heterocycles. The summed E-state index contributed by atoms with van der Waals surface area (Å²) in [6, 6.07) is 2.95. The average molecular weight is 204 g/mol. The number of sulfonamides is 1. The summed E-state index contributed by atoms with van der Waals surface area (Å²) in [5.74, 6) is 0.459. The van der Waals surface area contributed by atoms with E-state index in [0.717, 1.165) is 4.31 Å². The molecule has 2 N–H and O–H groups in total. The fourth-order valence-electron chi connectivity index (χ4n) is 0.787. The molecule has 0 saturated heterocycles. The highest BCUT2D eigenvalue weighted by molar-refractivity contribution is 7.88. The highest BCUT2D eigenvalue weighted by atomic mass is 32.2. The predicted molar refractivity (Wildman–Crippen MR) is 47.5 cm³/mol. The molecule has 0 fully saturated rings. The van der Waals surface area contributed by atoms with Crippen molar-refractivity contribution >= 4 is 10.0 Å². The number of rotatable bonds is 3. The molecule has 0 saturated carbocycles. The Morgan fingerprint density at radius 1 is 1.46 bits per heavy atom. The Hall–Kier alpha value is -0.850. The van der Waals surface area contributed by atoms with E-state index >= 15 is 0 Å². The fraction of sp³-hybridized carbons (Fsp3) is 0.429. The van der Waals surface area contributed by atoms with Crippen molar-refractivity contribution in [3.05, 3.63) is 17.9 Å². The predicted octanol–water partition coefficient (Wildman–Crippen LogP) is -0.0114. The lowest BCUT2D eigenvalue weighted by Gasteiger charge is -2.07. The lowest BCUT2D eigenvalue weighted by Crippen LogP contribution is -2.21. The van der Waals surface area contributed by atoms with E-state index in [9.17, 15) is 8.42 Å². The molecule has 6 heteroatoms. The van der Waals surface area contributed by atoms with Crippen molar-refractivity contribution in [1.82, 2.24) is 4.31 Å². The Bertz CT molecular complexity index is 380. The minimum Gasteiger partial charge on any atom is -0.447 e. The van der Waals surface area contributed by atoms with Crippen molar-refractivity contribution in [2.24, 2.45) is 5.73 Å². The van der Waals surface area contributed by atoms with E-state index in [0.29, 0.717) is 5.76 Å². The smallest absolute Gasteiger partial charge is 0.275 e. The first-order valence-corrected chi connectivity index (χ1v) is 5.14. The monoisotopic (exact) mass is 204 g/mol. The maximum atomic E-state index is 11.5. The van der Waals surface area contributed by atoms with Crippen molar-refractivity contribution in [3.63, 3.8) is 0 Å². The zero-order valence-corrected chi connectivity index (χ0v) is 8.34. The van der Waals surface area contributed by atoms with Crippen LogP contribution in [0.5, 0.6) is 0 Å². The number of hydrogen-bond acceptors (Lipinski definition) is 4. The number of nitrogens with two attached hydrogens (primary N) is 1. The van der Waals surface area contributed by atoms with Gasteiger partial charge in [-0.2, -0.15) is 0 Å². The summed E-state index contributed by atoms with van der Waals surface area (Å²) >= 11 is 0. The first-order chi connectivity index (χ1) is 5.98. The Labute approximate surface area is 77.2 Å². The van der Waals surface area contributed by atoms with Gasteiger partial charge in [-0.3, -0.25) is 0 Å². The summed E-state index contributed by atoms with van der Waals surface area (Å²) in [5.41, 5.74) is 5.28. The van der Waals surface area contributed by atoms with Gasteiger partial charge < -0.3 is 10.2 Å². The largest absolute Gasteiger partial charge is 0.447 e. The third-order valence-corrected chi connectivity index (χ3v) is 3.26. The maximum Gasteiger partial charge on any atom is 0.275 e. The molecule has 0 atom stereocenters. The molecule has 0 bridgehead atoms. The first-order valence-electron chi connectivity index (χ1n) is 3.70. The van der Waals surface area contributed by atoms with Crippen molar-refractivity contribution in [2.75, 3.05) is 14.1 Å². The van der Waals surface area contributed by atoms with Crippen LogP contribution in [0.4, 0.5) is 0 Å². The van der Waals surface area contributed by atoms with Gasteiger partial charge in [0.15, 0.2) is 0 Å². The number of hydrogen-bond donors (Lipinski definition) is 1. The van der Waals surface area contributed by atoms with Crippen LogP contribution in [0.25, 0.3) is 0 Å². The summed E-state index contributed by atoms with van der Waals surface area (Å²) in [6.45, 7) is 0.197. The highest BCUT2D eigenvalue weighted by Gasteiger charge is 2.20. The molecule has 13 heavy (non-hydrogen) atoms. The average Bonchev–Trinajstić information content (AvgIpc) is 2.51. The van der Waals surface area contributed by atoms with Gasteiger partial charge in [-0.25, -0.2) is 12.7 Å². The Morgan fingerprint density at radius 2 is 2.08 bits per heavy atom. The topological polar surface area (TPSA) is 76.5 Å². The second-order valence-electron chi connectivity index (χ2n) is 2.71. The SMILES string of the molecule is CN(C)S(=O)(=O)c1ccc(CN)o1. The zero-order chi connectivity index (χ0) is 10.1. The summed E-state index contributed by atoms with van der Waals surface area (Å²) in [6.07, 6.45) is 0. The Morgan fingerprint density at radius 3 is 2.46 bits per heavy atom. The van der Waals surface area contributed by atoms with E-state index in [1.807, 2.05) is 0 Å². The van der Waals surface area contributed by atoms with Crippen LogP contribution in [0.15, 0.2) is 21.6 Å². The first kappa shape index (κ1) is 10.2. The van der Waals surface area contributed by atoms with Crippen molar-refractivity contribution in [2.45, 2.75) is 11.6 Å². The minimum absolute atomic E-state index is 0.0713. The molecule has 5 nitrogen and oxygen atoms in total. The van der Waals surface area contributed by atoms with Crippen LogP contribution < -0.4 is 5.73 Å². The van der Waals surface area contributed by atoms with Gasteiger partial charge in [-0.15, -0.1) is 0 Å². The van der Waals surface area contributed by atoms with Gasteiger partial charge in [0.25, 0.3) is 10.0 Å². The second kappa shape index (κ2) is 3.49. The molecule has 1 aromatic heterocycles. The quantitative estimate of drug-likeness (QED) is 0.751. The van der Waals surface area contributed by atoms with Gasteiger partial charge in [-0.05, 0) is 12.1 Å². The highest BCUT2D eigenvalue weighted by Crippen LogP contribution is 2.15. The van der Waals surface area contributed by atoms with E-state index in [1.54, 1.807) is 6.07 Å². The number of nitrogens with zero attached hydrogens (tertiary/aromatic N) is 1. The standard InChI is InChI=1S/C7H12N2O3S/c1-9(2)13(10,11)7-4-3-6(5-8)12-7/h3-4H,5,8H2,1-2H3. The molecule has 0 unspecified atom stereocenters. The zero-order valence-electron chi connectivity index (χ0n) is 7.52. The summed E-state index contributed by atoms with van der Waals surface area (Å²) in [5, 5.41) is -0.0713. The van der Waals surface area contributed by atoms with Crippen LogP contribution in [0, 0.1) is 0 Å². The normalized spacial score (nSPS) is 12.3. The molecule has 0 radical (unpaired) electrons. The molecule has 0 amide bonds. The lowest BCUT2D eigenvalue weighted by molar-refractivity contribution is 0.400. The lowest BCUT2D eigenvalue weighted by atomic mass is 10.5. The summed E-state index contributed by atoms with van der Waals surface area (Å²) < 4.78 is 29.0. The maximum absolute atomic E-state index is 11.5. The molecule has 0 aliphatic heterocycles. The molecular weight excluding hydrogens is 192 g/mol. The minimum atomic E-state index is -3.46. The van der Waals surface area contributed by atoms with Crippen LogP contribution in [-0.4, -0.2) is 26.8 Å². The van der Waals surface area contributed by atoms with Crippen molar-refractivity contribution in [1.29, 1.82) is 0 Å². The fourth-order valence-corrected chi connectivity index (χ4v) is 1.60. The molecule has 0 aromatic carbocycles. The van der Waals surface area contributed by atoms with Crippen LogP contribution in [0.2, 0.25) is 0 Å². The van der Waals surface area contributed by atoms with Gasteiger partial charge in [0.05, 0.1) is 6.54 Å². The molecule has 1 rings (SSSR count). The summed E-state index contributed by atoms with van der Waals surface area (Å²) in [4.78, 5) is 0. The van der Waals surface area contributed by atoms with Gasteiger partial charge in [0.1, 0.15) is 5.76 Å².